The third-order valence-corrected chi connectivity index (χ3v) is 6.61. The number of aryl methyl sites for hydroxylation is 1. The first-order valence-corrected chi connectivity index (χ1v) is 10.7. The number of fused-ring (bicyclic) bond motifs is 1. The van der Waals surface area contributed by atoms with Crippen LogP contribution in [0.5, 0.6) is 0 Å². The molecule has 4 rings (SSSR count). The molecule has 1 aliphatic rings. The average molecular weight is 379 g/mol. The summed E-state index contributed by atoms with van der Waals surface area (Å²) in [6.45, 7) is 2.02. The highest BCUT2D eigenvalue weighted by Gasteiger charge is 2.18. The third kappa shape index (κ3) is 4.38. The molecule has 0 unspecified atom stereocenters. The van der Waals surface area contributed by atoms with Crippen molar-refractivity contribution in [3.63, 3.8) is 0 Å². The molecule has 1 aromatic heterocycles. The Kier molecular flexibility index (Phi) is 5.53. The predicted octanol–water partition coefficient (Wildman–Crippen LogP) is 5.19. The Hall–Kier alpha value is -2.20. The second-order valence-electron chi connectivity index (χ2n) is 7.51. The molecule has 1 heterocycles. The van der Waals surface area contributed by atoms with Gasteiger partial charge in [0.2, 0.25) is 5.91 Å². The Morgan fingerprint density at radius 2 is 1.89 bits per heavy atom. The molecule has 1 N–H and O–H groups in total. The van der Waals surface area contributed by atoms with Crippen LogP contribution in [0.2, 0.25) is 0 Å². The lowest BCUT2D eigenvalue weighted by atomic mass is 9.95. The quantitative estimate of drug-likeness (QED) is 0.664. The number of benzene rings is 2. The Morgan fingerprint density at radius 3 is 2.74 bits per heavy atom. The van der Waals surface area contributed by atoms with Gasteiger partial charge < -0.3 is 5.32 Å². The average Bonchev–Trinajstić information content (AvgIpc) is 3.01. The van der Waals surface area contributed by atoms with E-state index in [-0.39, 0.29) is 5.91 Å². The Bertz CT molecular complexity index is 935. The highest BCUT2D eigenvalue weighted by Crippen LogP contribution is 2.26. The van der Waals surface area contributed by atoms with Crippen LogP contribution in [-0.2, 0) is 17.6 Å². The molecule has 0 spiro atoms. The van der Waals surface area contributed by atoms with Crippen molar-refractivity contribution < 1.29 is 4.79 Å². The Labute approximate surface area is 164 Å². The summed E-state index contributed by atoms with van der Waals surface area (Å²) in [4.78, 5) is 18.3. The molecule has 0 bridgehead atoms. The van der Waals surface area contributed by atoms with Crippen LogP contribution >= 0.6 is 11.3 Å². The number of hydrogen-bond donors (Lipinski definition) is 1. The summed E-state index contributed by atoms with van der Waals surface area (Å²) in [5, 5.41) is 6.85. The van der Waals surface area contributed by atoms with Gasteiger partial charge in [-0.2, -0.15) is 0 Å². The smallest absolute Gasteiger partial charge is 0.225 e. The van der Waals surface area contributed by atoms with Crippen molar-refractivity contribution in [3.8, 4) is 0 Å². The first-order chi connectivity index (χ1) is 13.2. The van der Waals surface area contributed by atoms with E-state index < -0.39 is 0 Å². The second kappa shape index (κ2) is 8.22. The maximum Gasteiger partial charge on any atom is 0.225 e. The number of aromatic nitrogens is 1. The fourth-order valence-electron chi connectivity index (χ4n) is 4.01. The zero-order valence-electron chi connectivity index (χ0n) is 15.8. The minimum atomic E-state index is 0.144. The van der Waals surface area contributed by atoms with E-state index in [0.29, 0.717) is 12.5 Å². The van der Waals surface area contributed by atoms with Gasteiger partial charge in [-0.15, -0.1) is 11.3 Å². The van der Waals surface area contributed by atoms with Crippen LogP contribution in [-0.4, -0.2) is 16.9 Å². The summed E-state index contributed by atoms with van der Waals surface area (Å²) >= 11 is 1.68. The van der Waals surface area contributed by atoms with Gasteiger partial charge in [0.25, 0.3) is 0 Å². The van der Waals surface area contributed by atoms with Gasteiger partial charge in [-0.3, -0.25) is 4.79 Å². The van der Waals surface area contributed by atoms with Gasteiger partial charge in [0.15, 0.2) is 0 Å². The van der Waals surface area contributed by atoms with E-state index in [1.807, 2.05) is 6.92 Å². The minimum Gasteiger partial charge on any atom is -0.353 e. The SMILES string of the molecule is Cc1nc(Cc2cccc3ccccc23)sc1CC(=O)NC1CCCCC1. The molecule has 1 fully saturated rings. The molecule has 1 aliphatic carbocycles. The standard InChI is InChI=1S/C23H26N2OS/c1-16-21(15-22(26)25-19-11-3-2-4-12-19)27-23(24-16)14-18-10-7-9-17-8-5-6-13-20(17)18/h5-10,13,19H,2-4,11-12,14-15H2,1H3,(H,25,26). The van der Waals surface area contributed by atoms with E-state index in [4.69, 9.17) is 4.98 Å². The minimum absolute atomic E-state index is 0.144. The van der Waals surface area contributed by atoms with Crippen LogP contribution < -0.4 is 5.32 Å². The van der Waals surface area contributed by atoms with Crippen LogP contribution in [0.15, 0.2) is 42.5 Å². The molecule has 3 aromatic rings. The lowest BCUT2D eigenvalue weighted by Crippen LogP contribution is -2.37. The summed E-state index contributed by atoms with van der Waals surface area (Å²) < 4.78 is 0. The molecule has 0 radical (unpaired) electrons. The second-order valence-corrected chi connectivity index (χ2v) is 8.68. The maximum atomic E-state index is 12.4. The lowest BCUT2D eigenvalue weighted by molar-refractivity contribution is -0.121. The maximum absolute atomic E-state index is 12.4. The molecular weight excluding hydrogens is 352 g/mol. The predicted molar refractivity (Wildman–Crippen MR) is 112 cm³/mol. The molecule has 0 saturated heterocycles. The number of nitrogens with one attached hydrogen (secondary N) is 1. The molecule has 2 aromatic carbocycles. The summed E-state index contributed by atoms with van der Waals surface area (Å²) in [5.41, 5.74) is 2.29. The van der Waals surface area contributed by atoms with Gasteiger partial charge in [0.05, 0.1) is 17.1 Å². The first-order valence-electron chi connectivity index (χ1n) is 9.90. The molecule has 27 heavy (non-hydrogen) atoms. The molecular formula is C23H26N2OS. The van der Waals surface area contributed by atoms with Crippen LogP contribution in [0.1, 0.15) is 53.2 Å². The summed E-state index contributed by atoms with van der Waals surface area (Å²) in [6, 6.07) is 15.3. The summed E-state index contributed by atoms with van der Waals surface area (Å²) in [6.07, 6.45) is 7.30. The largest absolute Gasteiger partial charge is 0.353 e. The molecule has 0 atom stereocenters. The number of thiazole rings is 1. The van der Waals surface area contributed by atoms with E-state index >= 15 is 0 Å². The van der Waals surface area contributed by atoms with Crippen LogP contribution in [0, 0.1) is 6.92 Å². The van der Waals surface area contributed by atoms with Gasteiger partial charge in [-0.25, -0.2) is 4.98 Å². The molecule has 140 valence electrons. The number of nitrogens with zero attached hydrogens (tertiary/aromatic N) is 1. The number of carbonyl (C=O) groups is 1. The van der Waals surface area contributed by atoms with E-state index in [1.54, 1.807) is 11.3 Å². The van der Waals surface area contributed by atoms with E-state index in [0.717, 1.165) is 34.8 Å². The summed E-state index contributed by atoms with van der Waals surface area (Å²) in [5.74, 6) is 0.144. The van der Waals surface area contributed by atoms with Gasteiger partial charge in [0.1, 0.15) is 0 Å². The fraction of sp³-hybridized carbons (Fsp3) is 0.391. The normalized spacial score (nSPS) is 15.1. The Balaban J connectivity index is 1.45. The van der Waals surface area contributed by atoms with E-state index in [9.17, 15) is 4.79 Å². The zero-order valence-corrected chi connectivity index (χ0v) is 16.6. The monoisotopic (exact) mass is 378 g/mol. The fourth-order valence-corrected chi connectivity index (χ4v) is 5.10. The van der Waals surface area contributed by atoms with Crippen molar-refractivity contribution in [3.05, 3.63) is 63.6 Å². The topological polar surface area (TPSA) is 42.0 Å². The van der Waals surface area contributed by atoms with Crippen molar-refractivity contribution in [1.82, 2.24) is 10.3 Å². The highest BCUT2D eigenvalue weighted by atomic mass is 32.1. The number of hydrogen-bond acceptors (Lipinski definition) is 3. The van der Waals surface area contributed by atoms with Crippen LogP contribution in [0.4, 0.5) is 0 Å². The Morgan fingerprint density at radius 1 is 1.11 bits per heavy atom. The third-order valence-electron chi connectivity index (χ3n) is 5.45. The van der Waals surface area contributed by atoms with Gasteiger partial charge in [-0.05, 0) is 36.1 Å². The van der Waals surface area contributed by atoms with Crippen LogP contribution in [0.25, 0.3) is 10.8 Å². The molecule has 0 aliphatic heterocycles. The number of carbonyl (C=O) groups excluding carboxylic acids is 1. The molecule has 1 saturated carbocycles. The van der Waals surface area contributed by atoms with Crippen molar-refractivity contribution in [2.45, 2.75) is 57.9 Å². The number of amides is 1. The van der Waals surface area contributed by atoms with Gasteiger partial charge >= 0.3 is 0 Å². The van der Waals surface area contributed by atoms with Crippen molar-refractivity contribution >= 4 is 28.0 Å². The lowest BCUT2D eigenvalue weighted by Gasteiger charge is -2.22. The van der Waals surface area contributed by atoms with E-state index in [2.05, 4.69) is 47.8 Å². The highest BCUT2D eigenvalue weighted by molar-refractivity contribution is 7.11. The van der Waals surface area contributed by atoms with Crippen molar-refractivity contribution in [1.29, 1.82) is 0 Å². The first kappa shape index (κ1) is 18.2. The van der Waals surface area contributed by atoms with Crippen molar-refractivity contribution in [2.24, 2.45) is 0 Å². The number of rotatable bonds is 5. The molecule has 4 heteroatoms. The van der Waals surface area contributed by atoms with E-state index in [1.165, 1.54) is 35.6 Å². The van der Waals surface area contributed by atoms with Crippen molar-refractivity contribution in [2.75, 3.05) is 0 Å². The van der Waals surface area contributed by atoms with Gasteiger partial charge in [0, 0.05) is 17.3 Å². The van der Waals surface area contributed by atoms with Gasteiger partial charge in [-0.1, -0.05) is 61.7 Å². The molecule has 1 amide bonds. The summed E-state index contributed by atoms with van der Waals surface area (Å²) in [7, 11) is 0. The zero-order chi connectivity index (χ0) is 18.6. The van der Waals surface area contributed by atoms with Crippen LogP contribution in [0.3, 0.4) is 0 Å². The molecule has 3 nitrogen and oxygen atoms in total.